The maximum absolute atomic E-state index is 12.2. The standard InChI is InChI=1S/C11H16N2O5S/c14-7-11(3-1-2-4-11)13-19(17,18)8-5-9(10(15)16)12-6-8/h5-6,12-14H,1-4,7H2,(H,15,16). The number of rotatable bonds is 5. The Morgan fingerprint density at radius 3 is 2.53 bits per heavy atom. The predicted octanol–water partition coefficient (Wildman–Crippen LogP) is 0.296. The molecule has 0 aliphatic heterocycles. The van der Waals surface area contributed by atoms with Crippen molar-refractivity contribution in [2.45, 2.75) is 36.1 Å². The molecule has 0 spiro atoms. The Labute approximate surface area is 110 Å². The number of aromatic carboxylic acids is 1. The van der Waals surface area contributed by atoms with Crippen LogP contribution >= 0.6 is 0 Å². The van der Waals surface area contributed by atoms with Crippen LogP contribution < -0.4 is 4.72 Å². The highest BCUT2D eigenvalue weighted by Gasteiger charge is 2.37. The van der Waals surface area contributed by atoms with Gasteiger partial charge in [-0.15, -0.1) is 0 Å². The Kier molecular flexibility index (Phi) is 3.66. The first-order valence-corrected chi connectivity index (χ1v) is 7.43. The number of nitrogens with one attached hydrogen (secondary N) is 2. The maximum atomic E-state index is 12.2. The number of aliphatic hydroxyl groups is 1. The summed E-state index contributed by atoms with van der Waals surface area (Å²) in [5.41, 5.74) is -1.01. The van der Waals surface area contributed by atoms with Gasteiger partial charge >= 0.3 is 5.97 Å². The van der Waals surface area contributed by atoms with Crippen LogP contribution in [0.1, 0.15) is 36.2 Å². The number of H-pyrrole nitrogens is 1. The van der Waals surface area contributed by atoms with E-state index in [-0.39, 0.29) is 17.2 Å². The molecule has 0 radical (unpaired) electrons. The van der Waals surface area contributed by atoms with E-state index in [0.717, 1.165) is 25.1 Å². The van der Waals surface area contributed by atoms with Crippen LogP contribution in [0, 0.1) is 0 Å². The van der Waals surface area contributed by atoms with Crippen LogP contribution in [0.5, 0.6) is 0 Å². The number of hydrogen-bond donors (Lipinski definition) is 4. The molecule has 0 aromatic carbocycles. The fraction of sp³-hybridized carbons (Fsp3) is 0.545. The van der Waals surface area contributed by atoms with Gasteiger partial charge < -0.3 is 15.2 Å². The van der Waals surface area contributed by atoms with Gasteiger partial charge in [0.15, 0.2) is 0 Å². The van der Waals surface area contributed by atoms with Crippen molar-refractivity contribution in [3.63, 3.8) is 0 Å². The third-order valence-electron chi connectivity index (χ3n) is 3.41. The molecule has 1 aliphatic carbocycles. The van der Waals surface area contributed by atoms with E-state index in [9.17, 15) is 18.3 Å². The van der Waals surface area contributed by atoms with E-state index < -0.39 is 21.5 Å². The fourth-order valence-electron chi connectivity index (χ4n) is 2.34. The molecule has 7 nitrogen and oxygen atoms in total. The fourth-order valence-corrected chi connectivity index (χ4v) is 3.78. The Bertz CT molecular complexity index is 572. The molecule has 0 atom stereocenters. The van der Waals surface area contributed by atoms with Crippen LogP contribution in [0.2, 0.25) is 0 Å². The van der Waals surface area contributed by atoms with E-state index in [1.165, 1.54) is 0 Å². The van der Waals surface area contributed by atoms with E-state index in [4.69, 9.17) is 5.11 Å². The number of carboxylic acid groups (broad SMARTS) is 1. The minimum atomic E-state index is -3.83. The number of aromatic nitrogens is 1. The van der Waals surface area contributed by atoms with Crippen molar-refractivity contribution in [3.8, 4) is 0 Å². The van der Waals surface area contributed by atoms with Crippen LogP contribution in [0.25, 0.3) is 0 Å². The third-order valence-corrected chi connectivity index (χ3v) is 4.97. The van der Waals surface area contributed by atoms with Crippen LogP contribution in [0.15, 0.2) is 17.2 Å². The third kappa shape index (κ3) is 2.80. The molecule has 1 saturated carbocycles. The van der Waals surface area contributed by atoms with Crippen LogP contribution in [0.3, 0.4) is 0 Å². The summed E-state index contributed by atoms with van der Waals surface area (Å²) < 4.78 is 26.8. The van der Waals surface area contributed by atoms with Crippen LogP contribution in [-0.2, 0) is 10.0 Å². The largest absolute Gasteiger partial charge is 0.477 e. The molecule has 19 heavy (non-hydrogen) atoms. The molecule has 0 amide bonds. The second kappa shape index (κ2) is 4.95. The van der Waals surface area contributed by atoms with E-state index in [0.29, 0.717) is 12.8 Å². The molecule has 1 aliphatic rings. The van der Waals surface area contributed by atoms with E-state index in [1.54, 1.807) is 0 Å². The van der Waals surface area contributed by atoms with Gasteiger partial charge in [-0.1, -0.05) is 12.8 Å². The van der Waals surface area contributed by atoms with Crippen molar-refractivity contribution in [2.24, 2.45) is 0 Å². The average molecular weight is 288 g/mol. The molecule has 1 fully saturated rings. The summed E-state index contributed by atoms with van der Waals surface area (Å²) in [6.45, 7) is -0.261. The van der Waals surface area contributed by atoms with Crippen molar-refractivity contribution in [2.75, 3.05) is 6.61 Å². The zero-order valence-corrected chi connectivity index (χ0v) is 11.0. The monoisotopic (exact) mass is 288 g/mol. The Hall–Kier alpha value is -1.38. The summed E-state index contributed by atoms with van der Waals surface area (Å²) in [6, 6.07) is 1.06. The molecule has 2 rings (SSSR count). The van der Waals surface area contributed by atoms with E-state index >= 15 is 0 Å². The highest BCUT2D eigenvalue weighted by Crippen LogP contribution is 2.30. The molecule has 8 heteroatoms. The van der Waals surface area contributed by atoms with E-state index in [1.807, 2.05) is 0 Å². The Morgan fingerprint density at radius 2 is 2.05 bits per heavy atom. The summed E-state index contributed by atoms with van der Waals surface area (Å²) >= 11 is 0. The minimum absolute atomic E-state index is 0.135. The lowest BCUT2D eigenvalue weighted by atomic mass is 10.0. The highest BCUT2D eigenvalue weighted by atomic mass is 32.2. The van der Waals surface area contributed by atoms with Gasteiger partial charge in [0.2, 0.25) is 10.0 Å². The Balaban J connectivity index is 2.24. The van der Waals surface area contributed by atoms with Crippen molar-refractivity contribution < 1.29 is 23.4 Å². The number of hydrogen-bond acceptors (Lipinski definition) is 4. The van der Waals surface area contributed by atoms with Gasteiger partial charge in [-0.05, 0) is 18.9 Å². The molecule has 0 saturated heterocycles. The van der Waals surface area contributed by atoms with Crippen LogP contribution in [-0.4, -0.2) is 41.7 Å². The van der Waals surface area contributed by atoms with Crippen molar-refractivity contribution in [1.29, 1.82) is 0 Å². The number of aliphatic hydroxyl groups excluding tert-OH is 1. The smallest absolute Gasteiger partial charge is 0.352 e. The predicted molar refractivity (Wildman–Crippen MR) is 66.4 cm³/mol. The van der Waals surface area contributed by atoms with Crippen LogP contribution in [0.4, 0.5) is 0 Å². The first kappa shape index (κ1) is 14.0. The van der Waals surface area contributed by atoms with Gasteiger partial charge in [-0.25, -0.2) is 17.9 Å². The molecular weight excluding hydrogens is 272 g/mol. The maximum Gasteiger partial charge on any atom is 0.352 e. The van der Waals surface area contributed by atoms with Gasteiger partial charge in [-0.2, -0.15) is 0 Å². The Morgan fingerprint density at radius 1 is 1.42 bits per heavy atom. The van der Waals surface area contributed by atoms with Crippen molar-refractivity contribution in [1.82, 2.24) is 9.71 Å². The highest BCUT2D eigenvalue weighted by molar-refractivity contribution is 7.89. The number of carbonyl (C=O) groups is 1. The summed E-state index contributed by atoms with van der Waals surface area (Å²) in [7, 11) is -3.83. The number of carboxylic acids is 1. The van der Waals surface area contributed by atoms with Crippen molar-refractivity contribution in [3.05, 3.63) is 18.0 Å². The summed E-state index contributed by atoms with van der Waals surface area (Å²) in [6.07, 6.45) is 4.01. The van der Waals surface area contributed by atoms with Gasteiger partial charge in [0.05, 0.1) is 12.1 Å². The lowest BCUT2D eigenvalue weighted by Crippen LogP contribution is -2.48. The molecular formula is C11H16N2O5S. The number of aromatic amines is 1. The SMILES string of the molecule is O=C(O)c1cc(S(=O)(=O)NC2(CO)CCCC2)c[nH]1. The zero-order chi connectivity index (χ0) is 14.1. The lowest BCUT2D eigenvalue weighted by Gasteiger charge is -2.27. The zero-order valence-electron chi connectivity index (χ0n) is 10.2. The van der Waals surface area contributed by atoms with Crippen molar-refractivity contribution >= 4 is 16.0 Å². The second-order valence-electron chi connectivity index (χ2n) is 4.81. The second-order valence-corrected chi connectivity index (χ2v) is 6.49. The van der Waals surface area contributed by atoms with Gasteiger partial charge in [0.1, 0.15) is 10.6 Å². The molecule has 1 aromatic heterocycles. The summed E-state index contributed by atoms with van der Waals surface area (Å²) in [5.74, 6) is -1.22. The van der Waals surface area contributed by atoms with Gasteiger partial charge in [-0.3, -0.25) is 0 Å². The lowest BCUT2D eigenvalue weighted by molar-refractivity contribution is 0.0691. The van der Waals surface area contributed by atoms with E-state index in [2.05, 4.69) is 9.71 Å². The normalized spacial score (nSPS) is 18.6. The average Bonchev–Trinajstić information content (AvgIpc) is 2.96. The molecule has 1 aromatic rings. The molecule has 4 N–H and O–H groups in total. The van der Waals surface area contributed by atoms with Gasteiger partial charge in [0.25, 0.3) is 0 Å². The minimum Gasteiger partial charge on any atom is -0.477 e. The molecule has 0 unspecified atom stereocenters. The molecule has 106 valence electrons. The summed E-state index contributed by atoms with van der Waals surface area (Å²) in [5, 5.41) is 18.1. The molecule has 0 bridgehead atoms. The first-order chi connectivity index (χ1) is 8.88. The molecule has 1 heterocycles. The first-order valence-electron chi connectivity index (χ1n) is 5.95. The quantitative estimate of drug-likeness (QED) is 0.621. The van der Waals surface area contributed by atoms with Gasteiger partial charge in [0, 0.05) is 6.20 Å². The topological polar surface area (TPSA) is 119 Å². The number of sulfonamides is 1. The summed E-state index contributed by atoms with van der Waals surface area (Å²) in [4.78, 5) is 13.0.